The van der Waals surface area contributed by atoms with E-state index in [1.807, 2.05) is 31.2 Å². The summed E-state index contributed by atoms with van der Waals surface area (Å²) >= 11 is 0. The molecule has 32 heavy (non-hydrogen) atoms. The fraction of sp³-hybridized carbons (Fsp3) is 0.720. The van der Waals surface area contributed by atoms with Crippen molar-refractivity contribution in [3.63, 3.8) is 0 Å². The van der Waals surface area contributed by atoms with Gasteiger partial charge in [-0.1, -0.05) is 44.7 Å². The van der Waals surface area contributed by atoms with E-state index >= 15 is 0 Å². The van der Waals surface area contributed by atoms with Crippen LogP contribution in [0.25, 0.3) is 0 Å². The van der Waals surface area contributed by atoms with Crippen LogP contribution in [0.1, 0.15) is 58.8 Å². The van der Waals surface area contributed by atoms with Crippen LogP contribution in [0.4, 0.5) is 10.5 Å². The van der Waals surface area contributed by atoms with Crippen LogP contribution in [0.15, 0.2) is 24.3 Å². The first kappa shape index (κ1) is 26.4. The monoisotopic (exact) mass is 450 g/mol. The lowest BCUT2D eigenvalue weighted by molar-refractivity contribution is -0.0109. The molecule has 1 atom stereocenters. The predicted molar refractivity (Wildman–Crippen MR) is 128 cm³/mol. The molecule has 1 N–H and O–H groups in total. The molecule has 0 spiro atoms. The molecular weight excluding hydrogens is 408 g/mol. The fourth-order valence-electron chi connectivity index (χ4n) is 3.73. The average Bonchev–Trinajstić information content (AvgIpc) is 3.06. The minimum Gasteiger partial charge on any atom is -0.491 e. The van der Waals surface area contributed by atoms with Crippen molar-refractivity contribution in [3.05, 3.63) is 24.3 Å². The number of anilines is 1. The van der Waals surface area contributed by atoms with Gasteiger partial charge in [-0.3, -0.25) is 10.2 Å². The van der Waals surface area contributed by atoms with Crippen LogP contribution in [-0.4, -0.2) is 69.8 Å². The van der Waals surface area contributed by atoms with Crippen molar-refractivity contribution >= 4 is 11.8 Å². The molecule has 1 saturated heterocycles. The molecular formula is C25H42N2O5. The first-order chi connectivity index (χ1) is 15.7. The van der Waals surface area contributed by atoms with Gasteiger partial charge in [0.25, 0.3) is 0 Å². The molecule has 1 amide bonds. The highest BCUT2D eigenvalue weighted by Crippen LogP contribution is 2.24. The van der Waals surface area contributed by atoms with Crippen LogP contribution in [-0.2, 0) is 14.2 Å². The van der Waals surface area contributed by atoms with E-state index in [-0.39, 0.29) is 6.10 Å². The Balaban J connectivity index is 1.89. The van der Waals surface area contributed by atoms with Gasteiger partial charge in [-0.25, -0.2) is 4.79 Å². The van der Waals surface area contributed by atoms with E-state index in [9.17, 15) is 4.79 Å². The van der Waals surface area contributed by atoms with E-state index in [0.29, 0.717) is 51.0 Å². The maximum Gasteiger partial charge on any atom is 0.412 e. The highest BCUT2D eigenvalue weighted by molar-refractivity contribution is 5.86. The second kappa shape index (κ2) is 16.8. The summed E-state index contributed by atoms with van der Waals surface area (Å²) in [5.74, 6) is 0.664. The van der Waals surface area contributed by atoms with E-state index < -0.39 is 6.09 Å². The highest BCUT2D eigenvalue weighted by Gasteiger charge is 2.20. The van der Waals surface area contributed by atoms with Gasteiger partial charge in [0.15, 0.2) is 0 Å². The molecule has 0 aliphatic carbocycles. The SMILES string of the molecule is CCCCCOc1ccccc1NC(=O)OC(COCCOCC)CN1CCCCCC1. The molecule has 182 valence electrons. The minimum absolute atomic E-state index is 0.340. The number of rotatable bonds is 15. The Morgan fingerprint density at radius 2 is 1.75 bits per heavy atom. The summed E-state index contributed by atoms with van der Waals surface area (Å²) in [6, 6.07) is 7.48. The molecule has 0 saturated carbocycles. The molecule has 1 heterocycles. The number of ether oxygens (including phenoxy) is 4. The maximum atomic E-state index is 12.7. The fourth-order valence-corrected chi connectivity index (χ4v) is 3.73. The van der Waals surface area contributed by atoms with E-state index in [1.165, 1.54) is 25.7 Å². The third-order valence-electron chi connectivity index (χ3n) is 5.44. The van der Waals surface area contributed by atoms with Crippen molar-refractivity contribution in [2.75, 3.05) is 58.0 Å². The zero-order valence-corrected chi connectivity index (χ0v) is 20.0. The molecule has 2 rings (SSSR count). The lowest BCUT2D eigenvalue weighted by atomic mass is 10.2. The first-order valence-corrected chi connectivity index (χ1v) is 12.3. The number of amides is 1. The molecule has 0 aromatic heterocycles. The van der Waals surface area contributed by atoms with Crippen LogP contribution < -0.4 is 10.1 Å². The van der Waals surface area contributed by atoms with Crippen molar-refractivity contribution in [2.45, 2.75) is 64.9 Å². The van der Waals surface area contributed by atoms with Crippen LogP contribution in [0.5, 0.6) is 5.75 Å². The Labute approximate surface area is 193 Å². The third kappa shape index (κ3) is 11.2. The second-order valence-corrected chi connectivity index (χ2v) is 8.19. The molecule has 1 aromatic carbocycles. The topological polar surface area (TPSA) is 69.3 Å². The number of benzene rings is 1. The normalized spacial score (nSPS) is 15.7. The number of carbonyl (C=O) groups excluding carboxylic acids is 1. The van der Waals surface area contributed by atoms with E-state index in [0.717, 1.165) is 32.4 Å². The summed E-state index contributed by atoms with van der Waals surface area (Å²) in [4.78, 5) is 15.1. The molecule has 1 aliphatic heterocycles. The van der Waals surface area contributed by atoms with Crippen molar-refractivity contribution in [2.24, 2.45) is 0 Å². The summed E-state index contributed by atoms with van der Waals surface area (Å²) in [6.07, 6.45) is 7.34. The van der Waals surface area contributed by atoms with Gasteiger partial charge in [0.1, 0.15) is 11.9 Å². The smallest absolute Gasteiger partial charge is 0.412 e. The number of unbranched alkanes of at least 4 members (excludes halogenated alkanes) is 2. The Bertz CT molecular complexity index is 620. The molecule has 7 heteroatoms. The number of carbonyl (C=O) groups is 1. The maximum absolute atomic E-state index is 12.7. The molecule has 0 radical (unpaired) electrons. The standard InChI is InChI=1S/C25H42N2O5/c1-3-5-12-17-31-24-14-9-8-13-23(24)26-25(28)32-22(21-30-19-18-29-4-2)20-27-15-10-6-7-11-16-27/h8-9,13-14,22H,3-7,10-12,15-21H2,1-2H3,(H,26,28). The zero-order valence-electron chi connectivity index (χ0n) is 20.0. The van der Waals surface area contributed by atoms with Crippen molar-refractivity contribution in [3.8, 4) is 5.75 Å². The Hall–Kier alpha value is -1.83. The lowest BCUT2D eigenvalue weighted by Crippen LogP contribution is -2.39. The molecule has 1 fully saturated rings. The van der Waals surface area contributed by atoms with Crippen LogP contribution >= 0.6 is 0 Å². The third-order valence-corrected chi connectivity index (χ3v) is 5.44. The van der Waals surface area contributed by atoms with Crippen LogP contribution in [0.2, 0.25) is 0 Å². The van der Waals surface area contributed by atoms with Gasteiger partial charge >= 0.3 is 6.09 Å². The van der Waals surface area contributed by atoms with E-state index in [4.69, 9.17) is 18.9 Å². The molecule has 7 nitrogen and oxygen atoms in total. The van der Waals surface area contributed by atoms with Gasteiger partial charge < -0.3 is 18.9 Å². The number of nitrogens with one attached hydrogen (secondary N) is 1. The van der Waals surface area contributed by atoms with Gasteiger partial charge in [-0.15, -0.1) is 0 Å². The summed E-state index contributed by atoms with van der Waals surface area (Å²) in [7, 11) is 0. The highest BCUT2D eigenvalue weighted by atomic mass is 16.6. The first-order valence-electron chi connectivity index (χ1n) is 12.3. The zero-order chi connectivity index (χ0) is 22.9. The summed E-state index contributed by atoms with van der Waals surface area (Å²) in [5, 5.41) is 2.86. The number of hydrogen-bond acceptors (Lipinski definition) is 6. The van der Waals surface area contributed by atoms with Crippen LogP contribution in [0.3, 0.4) is 0 Å². The molecule has 0 bridgehead atoms. The van der Waals surface area contributed by atoms with E-state index in [2.05, 4.69) is 17.1 Å². The summed E-state index contributed by atoms with van der Waals surface area (Å²) < 4.78 is 22.7. The Morgan fingerprint density at radius 1 is 1.00 bits per heavy atom. The lowest BCUT2D eigenvalue weighted by Gasteiger charge is -2.26. The minimum atomic E-state index is -0.483. The average molecular weight is 451 g/mol. The van der Waals surface area contributed by atoms with Gasteiger partial charge in [0, 0.05) is 13.2 Å². The summed E-state index contributed by atoms with van der Waals surface area (Å²) in [5.41, 5.74) is 0.625. The second-order valence-electron chi connectivity index (χ2n) is 8.19. The van der Waals surface area contributed by atoms with Crippen molar-refractivity contribution in [1.29, 1.82) is 0 Å². The largest absolute Gasteiger partial charge is 0.491 e. The summed E-state index contributed by atoms with van der Waals surface area (Å²) in [6.45, 7) is 9.56. The number of nitrogens with zero attached hydrogens (tertiary/aromatic N) is 1. The Kier molecular flexibility index (Phi) is 13.8. The van der Waals surface area contributed by atoms with Crippen molar-refractivity contribution in [1.82, 2.24) is 4.90 Å². The van der Waals surface area contributed by atoms with Gasteiger partial charge in [0.2, 0.25) is 0 Å². The number of hydrogen-bond donors (Lipinski definition) is 1. The van der Waals surface area contributed by atoms with Gasteiger partial charge in [0.05, 0.1) is 32.1 Å². The number of para-hydroxylation sites is 2. The van der Waals surface area contributed by atoms with Gasteiger partial charge in [-0.05, 0) is 51.4 Å². The van der Waals surface area contributed by atoms with Gasteiger partial charge in [-0.2, -0.15) is 0 Å². The number of likely N-dealkylation sites (tertiary alicyclic amines) is 1. The predicted octanol–water partition coefficient (Wildman–Crippen LogP) is 5.10. The Morgan fingerprint density at radius 3 is 2.50 bits per heavy atom. The van der Waals surface area contributed by atoms with E-state index in [1.54, 1.807) is 0 Å². The molecule has 1 unspecified atom stereocenters. The quantitative estimate of drug-likeness (QED) is 0.375. The van der Waals surface area contributed by atoms with Crippen LogP contribution in [0, 0.1) is 0 Å². The van der Waals surface area contributed by atoms with Crippen molar-refractivity contribution < 1.29 is 23.7 Å². The molecule has 1 aromatic rings. The molecule has 1 aliphatic rings.